The molecule has 8 heteroatoms. The van der Waals surface area contributed by atoms with Crippen LogP contribution in [0.25, 0.3) is 0 Å². The zero-order chi connectivity index (χ0) is 14.7. The van der Waals surface area contributed by atoms with Crippen LogP contribution < -0.4 is 5.32 Å². The third-order valence-corrected chi connectivity index (χ3v) is 2.89. The molecule has 0 atom stereocenters. The number of anilines is 1. The molecule has 2 rings (SSSR count). The Morgan fingerprint density at radius 2 is 2.25 bits per heavy atom. The molecule has 104 valence electrons. The number of halogens is 1. The average molecular weight is 295 g/mol. The van der Waals surface area contributed by atoms with Crippen molar-refractivity contribution in [3.8, 4) is 0 Å². The molecule has 0 fully saturated rings. The van der Waals surface area contributed by atoms with Gasteiger partial charge in [-0.2, -0.15) is 5.10 Å². The van der Waals surface area contributed by atoms with E-state index < -0.39 is 10.8 Å². The van der Waals surface area contributed by atoms with Crippen LogP contribution in [0.4, 0.5) is 11.4 Å². The zero-order valence-corrected chi connectivity index (χ0v) is 11.3. The molecule has 0 aliphatic carbocycles. The van der Waals surface area contributed by atoms with Gasteiger partial charge in [-0.25, -0.2) is 0 Å². The quantitative estimate of drug-likeness (QED) is 0.693. The van der Waals surface area contributed by atoms with Crippen LogP contribution in [-0.2, 0) is 6.54 Å². The summed E-state index contributed by atoms with van der Waals surface area (Å²) in [5.74, 6) is -0.463. The van der Waals surface area contributed by atoms with E-state index in [4.69, 9.17) is 11.6 Å². The SMILES string of the molecule is CCn1nccc1C(=O)Nc1ccc(Cl)cc1[N+](=O)[O-]. The number of hydrogen-bond donors (Lipinski definition) is 1. The monoisotopic (exact) mass is 294 g/mol. The van der Waals surface area contributed by atoms with E-state index >= 15 is 0 Å². The second kappa shape index (κ2) is 5.70. The molecule has 0 saturated carbocycles. The number of carbonyl (C=O) groups is 1. The number of hydrogen-bond acceptors (Lipinski definition) is 4. The smallest absolute Gasteiger partial charge is 0.294 e. The highest BCUT2D eigenvalue weighted by Crippen LogP contribution is 2.28. The van der Waals surface area contributed by atoms with Crippen molar-refractivity contribution in [2.75, 3.05) is 5.32 Å². The van der Waals surface area contributed by atoms with Crippen LogP contribution in [0, 0.1) is 10.1 Å². The molecule has 0 saturated heterocycles. The summed E-state index contributed by atoms with van der Waals surface area (Å²) in [5.41, 5.74) is 0.165. The molecule has 7 nitrogen and oxygen atoms in total. The largest absolute Gasteiger partial charge is 0.315 e. The summed E-state index contributed by atoms with van der Waals surface area (Å²) in [6.07, 6.45) is 1.49. The van der Waals surface area contributed by atoms with E-state index in [0.29, 0.717) is 12.2 Å². The number of nitrogens with zero attached hydrogens (tertiary/aromatic N) is 3. The van der Waals surface area contributed by atoms with E-state index in [0.717, 1.165) is 0 Å². The number of nitrogens with one attached hydrogen (secondary N) is 1. The summed E-state index contributed by atoms with van der Waals surface area (Å²) in [5, 5.41) is 17.6. The molecule has 0 unspecified atom stereocenters. The number of nitro groups is 1. The Labute approximate surface area is 119 Å². The molecule has 1 heterocycles. The Hall–Kier alpha value is -2.41. The number of nitro benzene ring substituents is 1. The lowest BCUT2D eigenvalue weighted by Gasteiger charge is -2.07. The van der Waals surface area contributed by atoms with Gasteiger partial charge in [-0.1, -0.05) is 11.6 Å². The topological polar surface area (TPSA) is 90.1 Å². The lowest BCUT2D eigenvalue weighted by atomic mass is 10.2. The van der Waals surface area contributed by atoms with Crippen LogP contribution >= 0.6 is 11.6 Å². The van der Waals surface area contributed by atoms with E-state index in [2.05, 4.69) is 10.4 Å². The van der Waals surface area contributed by atoms with Crippen LogP contribution in [0.15, 0.2) is 30.5 Å². The zero-order valence-electron chi connectivity index (χ0n) is 10.5. The van der Waals surface area contributed by atoms with Crippen LogP contribution in [-0.4, -0.2) is 20.6 Å². The molecule has 2 aromatic rings. The number of benzene rings is 1. The van der Waals surface area contributed by atoms with Gasteiger partial charge in [0, 0.05) is 23.8 Å². The molecule has 0 aliphatic rings. The van der Waals surface area contributed by atoms with E-state index in [1.165, 1.54) is 29.1 Å². The molecule has 0 radical (unpaired) electrons. The van der Waals surface area contributed by atoms with Gasteiger partial charge in [0.25, 0.3) is 11.6 Å². The van der Waals surface area contributed by atoms with Crippen molar-refractivity contribution in [1.82, 2.24) is 9.78 Å². The third kappa shape index (κ3) is 2.77. The number of aromatic nitrogens is 2. The molecule has 0 bridgehead atoms. The van der Waals surface area contributed by atoms with Gasteiger partial charge in [0.05, 0.1) is 4.92 Å². The molecule has 1 aromatic carbocycles. The number of rotatable bonds is 4. The second-order valence-electron chi connectivity index (χ2n) is 3.90. The minimum Gasteiger partial charge on any atom is -0.315 e. The van der Waals surface area contributed by atoms with Crippen molar-refractivity contribution in [3.05, 3.63) is 51.3 Å². The summed E-state index contributed by atoms with van der Waals surface area (Å²) in [6.45, 7) is 2.37. The van der Waals surface area contributed by atoms with Gasteiger partial charge in [-0.05, 0) is 25.1 Å². The number of aryl methyl sites for hydroxylation is 1. The Morgan fingerprint density at radius 3 is 2.90 bits per heavy atom. The summed E-state index contributed by atoms with van der Waals surface area (Å²) >= 11 is 5.71. The first-order valence-corrected chi connectivity index (χ1v) is 6.18. The van der Waals surface area contributed by atoms with Gasteiger partial charge < -0.3 is 5.32 Å². The highest BCUT2D eigenvalue weighted by Gasteiger charge is 2.18. The van der Waals surface area contributed by atoms with Crippen molar-refractivity contribution in [3.63, 3.8) is 0 Å². The van der Waals surface area contributed by atoms with Crippen molar-refractivity contribution >= 4 is 28.9 Å². The van der Waals surface area contributed by atoms with E-state index in [9.17, 15) is 14.9 Å². The predicted octanol–water partition coefficient (Wildman–Crippen LogP) is 2.72. The van der Waals surface area contributed by atoms with Gasteiger partial charge in [0.1, 0.15) is 11.4 Å². The van der Waals surface area contributed by atoms with Crippen LogP contribution in [0.2, 0.25) is 5.02 Å². The number of carbonyl (C=O) groups excluding carboxylic acids is 1. The summed E-state index contributed by atoms with van der Waals surface area (Å²) < 4.78 is 1.50. The van der Waals surface area contributed by atoms with Gasteiger partial charge in [-0.15, -0.1) is 0 Å². The Balaban J connectivity index is 2.31. The molecule has 1 N–H and O–H groups in total. The summed E-state index contributed by atoms with van der Waals surface area (Å²) in [4.78, 5) is 22.4. The van der Waals surface area contributed by atoms with Crippen LogP contribution in [0.1, 0.15) is 17.4 Å². The minimum atomic E-state index is -0.599. The molecule has 1 aromatic heterocycles. The maximum atomic E-state index is 12.1. The van der Waals surface area contributed by atoms with Crippen LogP contribution in [0.3, 0.4) is 0 Å². The van der Waals surface area contributed by atoms with Crippen molar-refractivity contribution in [1.29, 1.82) is 0 Å². The van der Waals surface area contributed by atoms with E-state index in [1.54, 1.807) is 6.07 Å². The highest BCUT2D eigenvalue weighted by atomic mass is 35.5. The standard InChI is InChI=1S/C12H11ClN4O3/c1-2-16-10(5-6-14-16)12(18)15-9-4-3-8(13)7-11(9)17(19)20/h3-7H,2H2,1H3,(H,15,18). The van der Waals surface area contributed by atoms with Crippen LogP contribution in [0.5, 0.6) is 0 Å². The minimum absolute atomic E-state index is 0.0910. The first kappa shape index (κ1) is 14.0. The van der Waals surface area contributed by atoms with Gasteiger partial charge >= 0.3 is 0 Å². The fourth-order valence-corrected chi connectivity index (χ4v) is 1.89. The lowest BCUT2D eigenvalue weighted by Crippen LogP contribution is -2.18. The third-order valence-electron chi connectivity index (χ3n) is 2.65. The Kier molecular flexibility index (Phi) is 3.99. The van der Waals surface area contributed by atoms with Gasteiger partial charge in [0.15, 0.2) is 0 Å². The van der Waals surface area contributed by atoms with Gasteiger partial charge in [-0.3, -0.25) is 19.6 Å². The first-order valence-electron chi connectivity index (χ1n) is 5.80. The lowest BCUT2D eigenvalue weighted by molar-refractivity contribution is -0.383. The highest BCUT2D eigenvalue weighted by molar-refractivity contribution is 6.31. The van der Waals surface area contributed by atoms with E-state index in [1.807, 2.05) is 6.92 Å². The Bertz CT molecular complexity index is 668. The Morgan fingerprint density at radius 1 is 1.50 bits per heavy atom. The number of amides is 1. The molecular weight excluding hydrogens is 284 g/mol. The average Bonchev–Trinajstić information content (AvgIpc) is 2.89. The summed E-state index contributed by atoms with van der Waals surface area (Å²) in [6, 6.07) is 5.60. The molecular formula is C12H11ClN4O3. The maximum absolute atomic E-state index is 12.1. The molecule has 0 spiro atoms. The van der Waals surface area contributed by atoms with Gasteiger partial charge in [0.2, 0.25) is 0 Å². The predicted molar refractivity (Wildman–Crippen MR) is 74.0 cm³/mol. The first-order chi connectivity index (χ1) is 9.52. The fourth-order valence-electron chi connectivity index (χ4n) is 1.73. The molecule has 0 aliphatic heterocycles. The maximum Gasteiger partial charge on any atom is 0.294 e. The second-order valence-corrected chi connectivity index (χ2v) is 4.34. The normalized spacial score (nSPS) is 10.3. The van der Waals surface area contributed by atoms with Crippen molar-refractivity contribution < 1.29 is 9.72 Å². The van der Waals surface area contributed by atoms with Crippen molar-refractivity contribution in [2.45, 2.75) is 13.5 Å². The fraction of sp³-hybridized carbons (Fsp3) is 0.167. The molecule has 20 heavy (non-hydrogen) atoms. The molecule has 1 amide bonds. The summed E-state index contributed by atoms with van der Waals surface area (Å²) in [7, 11) is 0. The van der Waals surface area contributed by atoms with Crippen molar-refractivity contribution in [2.24, 2.45) is 0 Å². The van der Waals surface area contributed by atoms with E-state index in [-0.39, 0.29) is 16.4 Å².